The Hall–Kier alpha value is -1.99. The lowest BCUT2D eigenvalue weighted by Gasteiger charge is -2.23. The van der Waals surface area contributed by atoms with Crippen LogP contribution in [0.15, 0.2) is 36.0 Å². The highest BCUT2D eigenvalue weighted by atomic mass is 16.6. The van der Waals surface area contributed by atoms with Gasteiger partial charge in [0.2, 0.25) is 6.35 Å². The maximum atomic E-state index is 8.97. The Morgan fingerprint density at radius 3 is 2.67 bits per heavy atom. The van der Waals surface area contributed by atoms with Crippen LogP contribution >= 0.6 is 0 Å². The molecule has 0 radical (unpaired) electrons. The summed E-state index contributed by atoms with van der Waals surface area (Å²) < 4.78 is 6.07. The molecule has 2 heterocycles. The van der Waals surface area contributed by atoms with Crippen molar-refractivity contribution in [3.8, 4) is 6.07 Å². The zero-order chi connectivity index (χ0) is 12.9. The summed E-state index contributed by atoms with van der Waals surface area (Å²) in [5.74, 6) is 0. The summed E-state index contributed by atoms with van der Waals surface area (Å²) >= 11 is 0. The first-order valence-corrected chi connectivity index (χ1v) is 5.95. The van der Waals surface area contributed by atoms with Crippen molar-refractivity contribution in [2.75, 3.05) is 16.8 Å². The number of benzene rings is 1. The number of rotatable bonds is 0. The van der Waals surface area contributed by atoms with Crippen molar-refractivity contribution < 1.29 is 4.74 Å². The monoisotopic (exact) mass is 241 g/mol. The maximum absolute atomic E-state index is 8.97. The third-order valence-electron chi connectivity index (χ3n) is 3.55. The minimum absolute atomic E-state index is 0.156. The van der Waals surface area contributed by atoms with Crippen LogP contribution < -0.4 is 9.80 Å². The predicted molar refractivity (Wildman–Crippen MR) is 70.0 cm³/mol. The molecule has 1 aromatic rings. The molecule has 0 saturated carbocycles. The molecule has 1 atom stereocenters. The fraction of sp³-hybridized carbons (Fsp3) is 0.357. The van der Waals surface area contributed by atoms with E-state index in [1.807, 2.05) is 33.0 Å². The summed E-state index contributed by atoms with van der Waals surface area (Å²) in [6.07, 6.45) is 1.42. The SMILES string of the molecule is CN1c2ccccc2N2/C(=C/C#N)C(C)(C)OC12. The predicted octanol–water partition coefficient (Wildman–Crippen LogP) is 2.44. The molecule has 0 aromatic heterocycles. The molecule has 4 heteroatoms. The molecule has 0 amide bonds. The van der Waals surface area contributed by atoms with Crippen LogP contribution in [-0.4, -0.2) is 19.0 Å². The van der Waals surface area contributed by atoms with Crippen molar-refractivity contribution in [1.82, 2.24) is 0 Å². The largest absolute Gasteiger partial charge is 0.330 e. The lowest BCUT2D eigenvalue weighted by molar-refractivity contribution is 0.000592. The molecule has 1 fully saturated rings. The van der Waals surface area contributed by atoms with Crippen LogP contribution in [-0.2, 0) is 4.74 Å². The smallest absolute Gasteiger partial charge is 0.215 e. The lowest BCUT2D eigenvalue weighted by Crippen LogP contribution is -2.36. The number of anilines is 2. The standard InChI is InChI=1S/C14H15N3O/c1-14(2)12(8-9-15)17-11-7-5-4-6-10(11)16(3)13(17)18-14/h4-8,13H,1-3H3/b12-8+. The number of ether oxygens (including phenoxy) is 1. The van der Waals surface area contributed by atoms with Crippen molar-refractivity contribution in [2.24, 2.45) is 0 Å². The molecule has 1 aromatic carbocycles. The lowest BCUT2D eigenvalue weighted by atomic mass is 10.0. The Labute approximate surface area is 107 Å². The Balaban J connectivity index is 2.17. The van der Waals surface area contributed by atoms with Crippen molar-refractivity contribution in [1.29, 1.82) is 5.26 Å². The summed E-state index contributed by atoms with van der Waals surface area (Å²) in [6, 6.07) is 10.3. The van der Waals surface area contributed by atoms with Gasteiger partial charge in [0, 0.05) is 13.1 Å². The minimum Gasteiger partial charge on any atom is -0.330 e. The van der Waals surface area contributed by atoms with Crippen LogP contribution in [0, 0.1) is 11.3 Å². The van der Waals surface area contributed by atoms with E-state index < -0.39 is 5.60 Å². The maximum Gasteiger partial charge on any atom is 0.215 e. The highest BCUT2D eigenvalue weighted by molar-refractivity contribution is 5.80. The summed E-state index contributed by atoms with van der Waals surface area (Å²) in [7, 11) is 2.01. The molecule has 18 heavy (non-hydrogen) atoms. The van der Waals surface area contributed by atoms with Crippen LogP contribution in [0.2, 0.25) is 0 Å². The van der Waals surface area contributed by atoms with Crippen molar-refractivity contribution >= 4 is 11.4 Å². The quantitative estimate of drug-likeness (QED) is 0.654. The fourth-order valence-electron chi connectivity index (χ4n) is 2.68. The Kier molecular flexibility index (Phi) is 2.16. The Bertz CT molecular complexity index is 571. The molecule has 92 valence electrons. The van der Waals surface area contributed by atoms with Gasteiger partial charge in [0.1, 0.15) is 5.60 Å². The first-order chi connectivity index (χ1) is 8.56. The molecule has 1 unspecified atom stereocenters. The van der Waals surface area contributed by atoms with Crippen LogP contribution in [0.5, 0.6) is 0 Å². The zero-order valence-electron chi connectivity index (χ0n) is 10.7. The molecule has 1 saturated heterocycles. The van der Waals surface area contributed by atoms with Crippen molar-refractivity contribution in [3.63, 3.8) is 0 Å². The number of nitriles is 1. The van der Waals surface area contributed by atoms with Gasteiger partial charge in [-0.25, -0.2) is 0 Å². The normalized spacial score (nSPS) is 26.1. The van der Waals surface area contributed by atoms with Crippen molar-refractivity contribution in [2.45, 2.75) is 25.8 Å². The zero-order valence-corrected chi connectivity index (χ0v) is 10.7. The van der Waals surface area contributed by atoms with Gasteiger partial charge in [0.25, 0.3) is 0 Å². The molecule has 0 N–H and O–H groups in total. The summed E-state index contributed by atoms with van der Waals surface area (Å²) in [6.45, 7) is 3.98. The third kappa shape index (κ3) is 1.28. The highest BCUT2D eigenvalue weighted by Gasteiger charge is 2.49. The molecule has 0 bridgehead atoms. The minimum atomic E-state index is -0.442. The van der Waals surface area contributed by atoms with E-state index in [0.717, 1.165) is 17.1 Å². The molecule has 0 spiro atoms. The van der Waals surface area contributed by atoms with Crippen LogP contribution in [0.1, 0.15) is 13.8 Å². The Morgan fingerprint density at radius 2 is 2.00 bits per heavy atom. The van der Waals surface area contributed by atoms with Gasteiger partial charge >= 0.3 is 0 Å². The van der Waals surface area contributed by atoms with Crippen LogP contribution in [0.25, 0.3) is 0 Å². The second-order valence-corrected chi connectivity index (χ2v) is 5.08. The molecular formula is C14H15N3O. The van der Waals surface area contributed by atoms with Gasteiger partial charge < -0.3 is 9.64 Å². The summed E-state index contributed by atoms with van der Waals surface area (Å²) in [4.78, 5) is 4.19. The van der Waals surface area contributed by atoms with Gasteiger partial charge in [-0.1, -0.05) is 12.1 Å². The molecule has 4 nitrogen and oxygen atoms in total. The molecule has 0 aliphatic carbocycles. The van der Waals surface area contributed by atoms with E-state index in [-0.39, 0.29) is 6.35 Å². The molecule has 3 rings (SSSR count). The van der Waals surface area contributed by atoms with E-state index in [2.05, 4.69) is 28.0 Å². The van der Waals surface area contributed by atoms with Gasteiger partial charge in [-0.15, -0.1) is 0 Å². The fourth-order valence-corrected chi connectivity index (χ4v) is 2.68. The number of hydrogen-bond acceptors (Lipinski definition) is 4. The number of nitrogens with zero attached hydrogens (tertiary/aromatic N) is 3. The third-order valence-corrected chi connectivity index (χ3v) is 3.55. The first kappa shape index (κ1) is 11.1. The van der Waals surface area contributed by atoms with E-state index in [9.17, 15) is 0 Å². The number of hydrogen-bond donors (Lipinski definition) is 0. The molecule has 2 aliphatic heterocycles. The highest BCUT2D eigenvalue weighted by Crippen LogP contribution is 2.49. The van der Waals surface area contributed by atoms with Crippen LogP contribution in [0.3, 0.4) is 0 Å². The first-order valence-electron chi connectivity index (χ1n) is 5.95. The average Bonchev–Trinajstić information content (AvgIpc) is 2.75. The van der Waals surface area contributed by atoms with Gasteiger partial charge in [0.05, 0.1) is 23.1 Å². The van der Waals surface area contributed by atoms with E-state index in [1.165, 1.54) is 0 Å². The van der Waals surface area contributed by atoms with Gasteiger partial charge in [-0.05, 0) is 26.0 Å². The van der Waals surface area contributed by atoms with E-state index in [1.54, 1.807) is 6.08 Å². The molecule has 2 aliphatic rings. The van der Waals surface area contributed by atoms with E-state index in [0.29, 0.717) is 0 Å². The molecular weight excluding hydrogens is 226 g/mol. The van der Waals surface area contributed by atoms with Gasteiger partial charge in [0.15, 0.2) is 0 Å². The van der Waals surface area contributed by atoms with E-state index in [4.69, 9.17) is 10.00 Å². The summed E-state index contributed by atoms with van der Waals surface area (Å²) in [5.41, 5.74) is 2.69. The topological polar surface area (TPSA) is 39.5 Å². The number of fused-ring (bicyclic) bond motifs is 3. The second-order valence-electron chi connectivity index (χ2n) is 5.08. The number of allylic oxidation sites excluding steroid dienone is 1. The van der Waals surface area contributed by atoms with E-state index >= 15 is 0 Å². The van der Waals surface area contributed by atoms with Gasteiger partial charge in [-0.2, -0.15) is 5.26 Å². The van der Waals surface area contributed by atoms with Crippen molar-refractivity contribution in [3.05, 3.63) is 36.0 Å². The summed E-state index contributed by atoms with van der Waals surface area (Å²) in [5, 5.41) is 8.97. The number of para-hydroxylation sites is 2. The average molecular weight is 241 g/mol. The van der Waals surface area contributed by atoms with Crippen LogP contribution in [0.4, 0.5) is 11.4 Å². The Morgan fingerprint density at radius 1 is 1.33 bits per heavy atom. The van der Waals surface area contributed by atoms with Gasteiger partial charge in [-0.3, -0.25) is 4.90 Å². The second kappa shape index (κ2) is 3.50.